The van der Waals surface area contributed by atoms with E-state index in [0.717, 1.165) is 37.1 Å². The number of amides is 1. The largest absolute Gasteiger partial charge is 0.336 e. The molecule has 2 heterocycles. The molecule has 5 rings (SSSR count). The van der Waals surface area contributed by atoms with Crippen LogP contribution in [-0.2, 0) is 5.41 Å². The zero-order valence-electron chi connectivity index (χ0n) is 19.3. The van der Waals surface area contributed by atoms with Crippen molar-refractivity contribution in [3.63, 3.8) is 0 Å². The molecule has 8 heteroatoms. The highest BCUT2D eigenvalue weighted by molar-refractivity contribution is 7.94. The van der Waals surface area contributed by atoms with Crippen LogP contribution in [0.4, 0.5) is 4.39 Å². The van der Waals surface area contributed by atoms with Gasteiger partial charge in [0, 0.05) is 55.5 Å². The van der Waals surface area contributed by atoms with E-state index in [9.17, 15) is 14.4 Å². The van der Waals surface area contributed by atoms with Gasteiger partial charge in [0.2, 0.25) is 0 Å². The zero-order chi connectivity index (χ0) is 23.9. The number of pyridine rings is 1. The first-order valence-electron chi connectivity index (χ1n) is 11.4. The molecule has 34 heavy (non-hydrogen) atoms. The number of halogens is 1. The number of benzene rings is 2. The van der Waals surface area contributed by atoms with Crippen molar-refractivity contribution in [1.29, 1.82) is 5.26 Å². The number of hydrogen-bond acceptors (Lipinski definition) is 6. The molecule has 1 saturated carbocycles. The van der Waals surface area contributed by atoms with Crippen molar-refractivity contribution in [2.75, 3.05) is 40.3 Å². The van der Waals surface area contributed by atoms with Crippen molar-refractivity contribution in [3.05, 3.63) is 65.6 Å². The molecule has 0 bridgehead atoms. The maximum Gasteiger partial charge on any atom is 0.256 e. The Morgan fingerprint density at radius 1 is 1.12 bits per heavy atom. The van der Waals surface area contributed by atoms with Gasteiger partial charge in [-0.25, -0.2) is 13.0 Å². The second-order valence-electron chi connectivity index (χ2n) is 9.09. The molecule has 0 atom stereocenters. The van der Waals surface area contributed by atoms with Crippen molar-refractivity contribution in [2.45, 2.75) is 18.3 Å². The summed E-state index contributed by atoms with van der Waals surface area (Å²) >= 11 is 1.65. The number of aromatic nitrogens is 1. The first-order chi connectivity index (χ1) is 16.4. The molecule has 2 aliphatic rings. The third-order valence-corrected chi connectivity index (χ3v) is 7.48. The van der Waals surface area contributed by atoms with E-state index in [2.05, 4.69) is 15.4 Å². The number of nitrogens with zero attached hydrogens (tertiary/aromatic N) is 5. The Hall–Kier alpha value is -2.99. The Bertz CT molecular complexity index is 1270. The Labute approximate surface area is 203 Å². The van der Waals surface area contributed by atoms with Crippen LogP contribution in [0.2, 0.25) is 0 Å². The number of rotatable bonds is 5. The minimum absolute atomic E-state index is 0.0945. The summed E-state index contributed by atoms with van der Waals surface area (Å²) in [4.78, 5) is 20.0. The maximum atomic E-state index is 14.3. The molecule has 0 N–H and O–H groups in total. The minimum atomic E-state index is -0.381. The molecular weight excluding hydrogens is 449 g/mol. The number of fused-ring (bicyclic) bond motifs is 1. The van der Waals surface area contributed by atoms with Crippen LogP contribution in [0.1, 0.15) is 28.8 Å². The van der Waals surface area contributed by atoms with Gasteiger partial charge >= 0.3 is 0 Å². The summed E-state index contributed by atoms with van der Waals surface area (Å²) in [6, 6.07) is 14.7. The van der Waals surface area contributed by atoms with Crippen LogP contribution >= 0.6 is 12.1 Å². The predicted molar refractivity (Wildman–Crippen MR) is 132 cm³/mol. The number of nitriles is 1. The summed E-state index contributed by atoms with van der Waals surface area (Å²) in [6.07, 6.45) is 3.35. The fourth-order valence-corrected chi connectivity index (χ4v) is 5.35. The van der Waals surface area contributed by atoms with Crippen LogP contribution in [0.15, 0.2) is 48.7 Å². The molecule has 174 valence electrons. The van der Waals surface area contributed by atoms with Crippen molar-refractivity contribution in [1.82, 2.24) is 18.5 Å². The lowest BCUT2D eigenvalue weighted by molar-refractivity contribution is 0.0703. The molecule has 1 amide bonds. The van der Waals surface area contributed by atoms with Gasteiger partial charge in [-0.15, -0.1) is 0 Å². The van der Waals surface area contributed by atoms with E-state index in [1.54, 1.807) is 24.4 Å². The first-order valence-corrected chi connectivity index (χ1v) is 12.1. The van der Waals surface area contributed by atoms with Crippen LogP contribution in [0.3, 0.4) is 0 Å². The molecule has 1 aliphatic heterocycles. The molecule has 1 saturated heterocycles. The van der Waals surface area contributed by atoms with Gasteiger partial charge in [-0.05, 0) is 56.3 Å². The SMILES string of the molecule is CN(C)SN1CCN(C(=O)c2cnc3ccc(F)cc3c2-c2ccc(C3(C#N)CC3)cc2)CC1. The molecule has 1 aliphatic carbocycles. The van der Waals surface area contributed by atoms with Gasteiger partial charge in [-0.2, -0.15) is 5.26 Å². The smallest absolute Gasteiger partial charge is 0.256 e. The normalized spacial score (nSPS) is 17.7. The fraction of sp³-hybridized carbons (Fsp3) is 0.346. The molecule has 0 spiro atoms. The summed E-state index contributed by atoms with van der Waals surface area (Å²) in [7, 11) is 4.00. The van der Waals surface area contributed by atoms with Gasteiger partial charge in [0.05, 0.1) is 22.6 Å². The molecule has 2 fully saturated rings. The van der Waals surface area contributed by atoms with E-state index in [1.807, 2.05) is 47.6 Å². The first kappa shape index (κ1) is 22.8. The quantitative estimate of drug-likeness (QED) is 0.507. The summed E-state index contributed by atoms with van der Waals surface area (Å²) < 4.78 is 18.5. The lowest BCUT2D eigenvalue weighted by atomic mass is 9.91. The lowest BCUT2D eigenvalue weighted by Gasteiger charge is -2.35. The second kappa shape index (κ2) is 8.99. The van der Waals surface area contributed by atoms with Crippen LogP contribution in [0.25, 0.3) is 22.0 Å². The highest BCUT2D eigenvalue weighted by Gasteiger charge is 2.44. The molecule has 2 aromatic carbocycles. The number of hydrogen-bond donors (Lipinski definition) is 0. The maximum absolute atomic E-state index is 14.3. The molecule has 0 radical (unpaired) electrons. The van der Waals surface area contributed by atoms with Gasteiger partial charge in [0.25, 0.3) is 5.91 Å². The average Bonchev–Trinajstić information content (AvgIpc) is 3.64. The van der Waals surface area contributed by atoms with Crippen molar-refractivity contribution < 1.29 is 9.18 Å². The predicted octanol–water partition coefficient (Wildman–Crippen LogP) is 4.48. The number of carbonyl (C=O) groups is 1. The highest BCUT2D eigenvalue weighted by atomic mass is 32.2. The minimum Gasteiger partial charge on any atom is -0.336 e. The molecule has 6 nitrogen and oxygen atoms in total. The van der Waals surface area contributed by atoms with Crippen molar-refractivity contribution in [2.24, 2.45) is 0 Å². The van der Waals surface area contributed by atoms with E-state index in [1.165, 1.54) is 12.1 Å². The third kappa shape index (κ3) is 4.27. The van der Waals surface area contributed by atoms with E-state index < -0.39 is 0 Å². The summed E-state index contributed by atoms with van der Waals surface area (Å²) in [6.45, 7) is 2.77. The molecule has 3 aromatic rings. The molecule has 1 aromatic heterocycles. The van der Waals surface area contributed by atoms with Gasteiger partial charge in [-0.3, -0.25) is 9.78 Å². The summed E-state index contributed by atoms with van der Waals surface area (Å²) in [5.74, 6) is -0.463. The van der Waals surface area contributed by atoms with Crippen LogP contribution in [0, 0.1) is 17.1 Å². The van der Waals surface area contributed by atoms with Gasteiger partial charge in [0.15, 0.2) is 0 Å². The average molecular weight is 476 g/mol. The van der Waals surface area contributed by atoms with Gasteiger partial charge in [0.1, 0.15) is 5.82 Å². The Morgan fingerprint density at radius 3 is 2.44 bits per heavy atom. The monoisotopic (exact) mass is 475 g/mol. The standard InChI is InChI=1S/C26H26FN5OS/c1-30(2)34-32-13-11-31(12-14-32)25(33)22-16-29-23-8-7-20(27)15-21(23)24(22)18-3-5-19(6-4-18)26(17-28)9-10-26/h3-8,15-16H,9-14H2,1-2H3. The van der Waals surface area contributed by atoms with Crippen LogP contribution < -0.4 is 0 Å². The third-order valence-electron chi connectivity index (χ3n) is 6.56. The van der Waals surface area contributed by atoms with Crippen LogP contribution in [-0.4, -0.2) is 64.7 Å². The Morgan fingerprint density at radius 2 is 1.82 bits per heavy atom. The Kier molecular flexibility index (Phi) is 6.02. The van der Waals surface area contributed by atoms with Gasteiger partial charge < -0.3 is 4.90 Å². The van der Waals surface area contributed by atoms with E-state index in [-0.39, 0.29) is 17.1 Å². The summed E-state index contributed by atoms with van der Waals surface area (Å²) in [5, 5.41) is 10.2. The fourth-order valence-electron chi connectivity index (χ4n) is 4.56. The zero-order valence-corrected chi connectivity index (χ0v) is 20.1. The lowest BCUT2D eigenvalue weighted by Crippen LogP contribution is -2.47. The molecule has 0 unspecified atom stereocenters. The second-order valence-corrected chi connectivity index (χ2v) is 10.5. The van der Waals surface area contributed by atoms with Gasteiger partial charge in [-0.1, -0.05) is 24.3 Å². The van der Waals surface area contributed by atoms with E-state index in [4.69, 9.17) is 0 Å². The number of carbonyl (C=O) groups excluding carboxylic acids is 1. The van der Waals surface area contributed by atoms with Crippen molar-refractivity contribution >= 4 is 28.9 Å². The topological polar surface area (TPSA) is 63.5 Å². The van der Waals surface area contributed by atoms with E-state index >= 15 is 0 Å². The number of piperazine rings is 1. The van der Waals surface area contributed by atoms with Crippen molar-refractivity contribution in [3.8, 4) is 17.2 Å². The summed E-state index contributed by atoms with van der Waals surface area (Å²) in [5.41, 5.74) is 3.23. The Balaban J connectivity index is 1.52. The van der Waals surface area contributed by atoms with E-state index in [0.29, 0.717) is 35.1 Å². The molecular formula is C26H26FN5OS. The van der Waals surface area contributed by atoms with Crippen LogP contribution in [0.5, 0.6) is 0 Å². The highest BCUT2D eigenvalue weighted by Crippen LogP contribution is 2.48.